The monoisotopic (exact) mass is 256 g/mol. The Morgan fingerprint density at radius 1 is 1.28 bits per heavy atom. The molecule has 0 heterocycles. The number of hydrogen-bond acceptors (Lipinski definition) is 3. The molecule has 0 aromatic rings. The Kier molecular flexibility index (Phi) is 7.20. The van der Waals surface area contributed by atoms with Crippen molar-refractivity contribution in [2.24, 2.45) is 5.41 Å². The molecule has 0 bridgehead atoms. The molecular weight excluding hydrogens is 224 g/mol. The molecule has 0 amide bonds. The van der Waals surface area contributed by atoms with Crippen molar-refractivity contribution in [1.29, 1.82) is 0 Å². The number of rotatable bonds is 11. The molecule has 1 atom stereocenters. The van der Waals surface area contributed by atoms with E-state index in [1.54, 1.807) is 0 Å². The minimum atomic E-state index is 0.335. The van der Waals surface area contributed by atoms with Crippen molar-refractivity contribution in [2.75, 3.05) is 33.3 Å². The van der Waals surface area contributed by atoms with E-state index in [4.69, 9.17) is 5.11 Å². The largest absolute Gasteiger partial charge is 0.396 e. The van der Waals surface area contributed by atoms with Crippen LogP contribution in [-0.2, 0) is 0 Å². The van der Waals surface area contributed by atoms with Crippen molar-refractivity contribution in [2.45, 2.75) is 58.4 Å². The van der Waals surface area contributed by atoms with Crippen LogP contribution in [0.1, 0.15) is 52.4 Å². The standard InChI is InChI=1S/C15H32N2O/c1-4-15(2,12-16-14-8-9-14)13-17(3)10-6-5-7-11-18/h14,16,18H,4-13H2,1-3H3. The molecule has 0 saturated heterocycles. The maximum atomic E-state index is 8.76. The summed E-state index contributed by atoms with van der Waals surface area (Å²) >= 11 is 0. The number of aliphatic hydroxyl groups excluding tert-OH is 1. The van der Waals surface area contributed by atoms with Gasteiger partial charge in [0.25, 0.3) is 0 Å². The summed E-state index contributed by atoms with van der Waals surface area (Å²) in [5.41, 5.74) is 0.397. The van der Waals surface area contributed by atoms with Crippen LogP contribution in [0.2, 0.25) is 0 Å². The Hall–Kier alpha value is -0.120. The van der Waals surface area contributed by atoms with Gasteiger partial charge in [0, 0.05) is 25.7 Å². The van der Waals surface area contributed by atoms with Gasteiger partial charge in [-0.1, -0.05) is 13.8 Å². The van der Waals surface area contributed by atoms with Crippen LogP contribution < -0.4 is 5.32 Å². The third kappa shape index (κ3) is 6.72. The van der Waals surface area contributed by atoms with E-state index in [0.29, 0.717) is 12.0 Å². The lowest BCUT2D eigenvalue weighted by molar-refractivity contribution is 0.176. The van der Waals surface area contributed by atoms with E-state index in [9.17, 15) is 0 Å². The van der Waals surface area contributed by atoms with E-state index in [0.717, 1.165) is 32.0 Å². The third-order valence-electron chi connectivity index (χ3n) is 4.10. The fourth-order valence-electron chi connectivity index (χ4n) is 2.37. The molecule has 2 N–H and O–H groups in total. The fraction of sp³-hybridized carbons (Fsp3) is 1.00. The second kappa shape index (κ2) is 8.13. The van der Waals surface area contributed by atoms with Crippen molar-refractivity contribution in [1.82, 2.24) is 10.2 Å². The second-order valence-electron chi connectivity index (χ2n) is 6.34. The fourth-order valence-corrected chi connectivity index (χ4v) is 2.37. The predicted octanol–water partition coefficient (Wildman–Crippen LogP) is 2.25. The zero-order chi connectivity index (χ0) is 13.4. The minimum absolute atomic E-state index is 0.335. The van der Waals surface area contributed by atoms with E-state index in [-0.39, 0.29) is 0 Å². The normalized spacial score (nSPS) is 19.2. The Labute approximate surface area is 113 Å². The summed E-state index contributed by atoms with van der Waals surface area (Å²) in [6.07, 6.45) is 7.26. The minimum Gasteiger partial charge on any atom is -0.396 e. The zero-order valence-electron chi connectivity index (χ0n) is 12.5. The van der Waals surface area contributed by atoms with Gasteiger partial charge in [0.05, 0.1) is 0 Å². The first kappa shape index (κ1) is 15.9. The summed E-state index contributed by atoms with van der Waals surface area (Å²) in [6, 6.07) is 0.811. The van der Waals surface area contributed by atoms with Crippen LogP contribution in [0.15, 0.2) is 0 Å². The Morgan fingerprint density at radius 3 is 2.56 bits per heavy atom. The highest BCUT2D eigenvalue weighted by Gasteiger charge is 2.28. The molecule has 0 radical (unpaired) electrons. The average Bonchev–Trinajstić information content (AvgIpc) is 3.16. The Balaban J connectivity index is 2.17. The van der Waals surface area contributed by atoms with E-state index < -0.39 is 0 Å². The molecular formula is C15H32N2O. The topological polar surface area (TPSA) is 35.5 Å². The second-order valence-corrected chi connectivity index (χ2v) is 6.34. The predicted molar refractivity (Wildman–Crippen MR) is 77.9 cm³/mol. The SMILES string of the molecule is CCC(C)(CNC1CC1)CN(C)CCCCCO. The molecule has 0 aromatic heterocycles. The van der Waals surface area contributed by atoms with E-state index in [1.807, 2.05) is 0 Å². The van der Waals surface area contributed by atoms with Crippen LogP contribution in [0.5, 0.6) is 0 Å². The molecule has 1 fully saturated rings. The van der Waals surface area contributed by atoms with Crippen LogP contribution in [0.4, 0.5) is 0 Å². The van der Waals surface area contributed by atoms with Gasteiger partial charge < -0.3 is 15.3 Å². The van der Waals surface area contributed by atoms with E-state index in [1.165, 1.54) is 32.2 Å². The lowest BCUT2D eigenvalue weighted by atomic mass is 9.86. The zero-order valence-corrected chi connectivity index (χ0v) is 12.5. The van der Waals surface area contributed by atoms with Crippen molar-refractivity contribution < 1.29 is 5.11 Å². The molecule has 0 spiro atoms. The van der Waals surface area contributed by atoms with Crippen molar-refractivity contribution in [3.8, 4) is 0 Å². The molecule has 1 aliphatic rings. The van der Waals surface area contributed by atoms with Crippen LogP contribution in [0.3, 0.4) is 0 Å². The van der Waals surface area contributed by atoms with Crippen molar-refractivity contribution in [3.63, 3.8) is 0 Å². The van der Waals surface area contributed by atoms with Crippen LogP contribution in [0.25, 0.3) is 0 Å². The lowest BCUT2D eigenvalue weighted by Crippen LogP contribution is -2.41. The summed E-state index contributed by atoms with van der Waals surface area (Å²) in [7, 11) is 2.23. The molecule has 0 aliphatic heterocycles. The van der Waals surface area contributed by atoms with Gasteiger partial charge >= 0.3 is 0 Å². The van der Waals surface area contributed by atoms with Crippen LogP contribution in [0, 0.1) is 5.41 Å². The summed E-state index contributed by atoms with van der Waals surface area (Å²) in [4.78, 5) is 2.45. The first-order valence-electron chi connectivity index (χ1n) is 7.62. The van der Waals surface area contributed by atoms with Gasteiger partial charge in [0.2, 0.25) is 0 Å². The molecule has 1 saturated carbocycles. The van der Waals surface area contributed by atoms with Gasteiger partial charge in [-0.05, 0) is 57.5 Å². The van der Waals surface area contributed by atoms with E-state index in [2.05, 4.69) is 31.1 Å². The van der Waals surface area contributed by atoms with E-state index >= 15 is 0 Å². The summed E-state index contributed by atoms with van der Waals surface area (Å²) < 4.78 is 0. The summed E-state index contributed by atoms with van der Waals surface area (Å²) in [6.45, 7) is 8.50. The lowest BCUT2D eigenvalue weighted by Gasteiger charge is -2.33. The number of aliphatic hydroxyl groups is 1. The third-order valence-corrected chi connectivity index (χ3v) is 4.10. The van der Waals surface area contributed by atoms with Crippen molar-refractivity contribution in [3.05, 3.63) is 0 Å². The van der Waals surface area contributed by atoms with Gasteiger partial charge in [0.1, 0.15) is 0 Å². The molecule has 3 heteroatoms. The molecule has 1 unspecified atom stereocenters. The first-order chi connectivity index (χ1) is 8.59. The molecule has 1 rings (SSSR count). The summed E-state index contributed by atoms with van der Waals surface area (Å²) in [5, 5.41) is 12.4. The maximum Gasteiger partial charge on any atom is 0.0431 e. The van der Waals surface area contributed by atoms with Crippen molar-refractivity contribution >= 4 is 0 Å². The number of hydrogen-bond donors (Lipinski definition) is 2. The maximum absolute atomic E-state index is 8.76. The molecule has 0 aromatic carbocycles. The average molecular weight is 256 g/mol. The number of nitrogens with one attached hydrogen (secondary N) is 1. The van der Waals surface area contributed by atoms with Crippen LogP contribution in [-0.4, -0.2) is 49.3 Å². The molecule has 1 aliphatic carbocycles. The van der Waals surface area contributed by atoms with Gasteiger partial charge in [-0.3, -0.25) is 0 Å². The highest BCUT2D eigenvalue weighted by molar-refractivity contribution is 4.86. The van der Waals surface area contributed by atoms with Gasteiger partial charge in [-0.15, -0.1) is 0 Å². The quantitative estimate of drug-likeness (QED) is 0.557. The number of unbranched alkanes of at least 4 members (excludes halogenated alkanes) is 2. The molecule has 108 valence electrons. The highest BCUT2D eigenvalue weighted by atomic mass is 16.2. The summed E-state index contributed by atoms with van der Waals surface area (Å²) in [5.74, 6) is 0. The molecule has 3 nitrogen and oxygen atoms in total. The molecule has 18 heavy (non-hydrogen) atoms. The Morgan fingerprint density at radius 2 is 2.00 bits per heavy atom. The Bertz CT molecular complexity index is 219. The van der Waals surface area contributed by atoms with Gasteiger partial charge in [-0.25, -0.2) is 0 Å². The smallest absolute Gasteiger partial charge is 0.0431 e. The van der Waals surface area contributed by atoms with Gasteiger partial charge in [0.15, 0.2) is 0 Å². The van der Waals surface area contributed by atoms with Crippen LogP contribution >= 0.6 is 0 Å². The highest BCUT2D eigenvalue weighted by Crippen LogP contribution is 2.25. The van der Waals surface area contributed by atoms with Gasteiger partial charge in [-0.2, -0.15) is 0 Å². The number of nitrogens with zero attached hydrogens (tertiary/aromatic N) is 1. The first-order valence-corrected chi connectivity index (χ1v) is 7.62.